The van der Waals surface area contributed by atoms with E-state index in [2.05, 4.69) is 0 Å². The topological polar surface area (TPSA) is 83.5 Å². The van der Waals surface area contributed by atoms with E-state index in [1.807, 2.05) is 37.3 Å². The molecule has 1 aliphatic rings. The zero-order valence-corrected chi connectivity index (χ0v) is 19.3. The Balaban J connectivity index is 1.80. The molecule has 2 atom stereocenters. The van der Waals surface area contributed by atoms with E-state index >= 15 is 0 Å². The molecule has 1 aromatic rings. The van der Waals surface area contributed by atoms with E-state index in [0.29, 0.717) is 72.4 Å². The Bertz CT molecular complexity index is 639. The molecule has 0 radical (unpaired) electrons. The van der Waals surface area contributed by atoms with Crippen LogP contribution in [0.3, 0.4) is 0 Å². The van der Waals surface area contributed by atoms with E-state index in [9.17, 15) is 9.59 Å². The summed E-state index contributed by atoms with van der Waals surface area (Å²) in [5.74, 6) is -1.00. The first-order valence-corrected chi connectivity index (χ1v) is 11.4. The van der Waals surface area contributed by atoms with Gasteiger partial charge >= 0.3 is 5.97 Å². The number of hydrogen-bond donors (Lipinski definition) is 0. The molecule has 1 aromatic carbocycles. The molecule has 180 valence electrons. The van der Waals surface area contributed by atoms with Crippen molar-refractivity contribution in [3.63, 3.8) is 0 Å². The van der Waals surface area contributed by atoms with Crippen LogP contribution in [0.4, 0.5) is 0 Å². The molecule has 0 saturated carbocycles. The third-order valence-corrected chi connectivity index (χ3v) is 5.19. The van der Waals surface area contributed by atoms with Gasteiger partial charge in [0.1, 0.15) is 6.61 Å². The second-order valence-corrected chi connectivity index (χ2v) is 7.91. The van der Waals surface area contributed by atoms with Crippen LogP contribution in [0.2, 0.25) is 0 Å². The fourth-order valence-electron chi connectivity index (χ4n) is 3.35. The molecular weight excluding hydrogens is 414 g/mol. The van der Waals surface area contributed by atoms with E-state index in [4.69, 9.17) is 23.7 Å². The largest absolute Gasteiger partial charge is 0.461 e. The number of ether oxygens (including phenoxy) is 5. The smallest absolute Gasteiger partial charge is 0.309 e. The summed E-state index contributed by atoms with van der Waals surface area (Å²) in [6.07, 6.45) is 0.423. The SMILES string of the molecule is C[C@H](C[C@H](C)C(=O)OCc1ccccc1)C(=O)N1CCOCCOCCOCCOCC1. The van der Waals surface area contributed by atoms with Gasteiger partial charge in [0.2, 0.25) is 5.91 Å². The molecular formula is C24H37NO7. The summed E-state index contributed by atoms with van der Waals surface area (Å²) in [4.78, 5) is 27.2. The summed E-state index contributed by atoms with van der Waals surface area (Å²) in [6.45, 7) is 8.65. The van der Waals surface area contributed by atoms with Crippen LogP contribution in [-0.2, 0) is 39.9 Å². The van der Waals surface area contributed by atoms with Crippen molar-refractivity contribution < 1.29 is 33.3 Å². The monoisotopic (exact) mass is 451 g/mol. The van der Waals surface area contributed by atoms with E-state index < -0.39 is 0 Å². The molecule has 0 unspecified atom stereocenters. The quantitative estimate of drug-likeness (QED) is 0.614. The first-order chi connectivity index (χ1) is 15.6. The lowest BCUT2D eigenvalue weighted by Gasteiger charge is -2.26. The van der Waals surface area contributed by atoms with Crippen LogP contribution < -0.4 is 0 Å². The third-order valence-electron chi connectivity index (χ3n) is 5.19. The Labute approximate surface area is 191 Å². The van der Waals surface area contributed by atoms with Gasteiger partial charge in [-0.3, -0.25) is 9.59 Å². The average molecular weight is 452 g/mol. The molecule has 0 spiro atoms. The Kier molecular flexibility index (Phi) is 12.9. The Morgan fingerprint density at radius 1 is 0.812 bits per heavy atom. The van der Waals surface area contributed by atoms with Crippen molar-refractivity contribution in [3.8, 4) is 0 Å². The van der Waals surface area contributed by atoms with Gasteiger partial charge in [-0.15, -0.1) is 0 Å². The van der Waals surface area contributed by atoms with Crippen molar-refractivity contribution >= 4 is 11.9 Å². The highest BCUT2D eigenvalue weighted by Crippen LogP contribution is 2.17. The van der Waals surface area contributed by atoms with E-state index in [-0.39, 0.29) is 30.3 Å². The van der Waals surface area contributed by atoms with Gasteiger partial charge in [-0.25, -0.2) is 0 Å². The summed E-state index contributed by atoms with van der Waals surface area (Å²) in [6, 6.07) is 9.55. The predicted molar refractivity (Wildman–Crippen MR) is 119 cm³/mol. The summed E-state index contributed by atoms with van der Waals surface area (Å²) in [7, 11) is 0. The van der Waals surface area contributed by atoms with Crippen molar-refractivity contribution in [1.82, 2.24) is 4.90 Å². The minimum Gasteiger partial charge on any atom is -0.461 e. The molecule has 0 aliphatic carbocycles. The molecule has 1 amide bonds. The summed E-state index contributed by atoms with van der Waals surface area (Å²) in [5.41, 5.74) is 0.939. The van der Waals surface area contributed by atoms with Crippen molar-refractivity contribution in [2.24, 2.45) is 11.8 Å². The second-order valence-electron chi connectivity index (χ2n) is 7.91. The van der Waals surface area contributed by atoms with Gasteiger partial charge in [0.05, 0.1) is 58.8 Å². The molecule has 0 bridgehead atoms. The minimum atomic E-state index is -0.372. The molecule has 2 rings (SSSR count). The number of amides is 1. The number of carbonyl (C=O) groups excluding carboxylic acids is 2. The molecule has 1 saturated heterocycles. The fourth-order valence-corrected chi connectivity index (χ4v) is 3.35. The molecule has 1 fully saturated rings. The van der Waals surface area contributed by atoms with E-state index in [1.165, 1.54) is 0 Å². The summed E-state index contributed by atoms with van der Waals surface area (Å²) in [5, 5.41) is 0. The Morgan fingerprint density at radius 3 is 1.84 bits per heavy atom. The highest BCUT2D eigenvalue weighted by Gasteiger charge is 2.25. The Hall–Kier alpha value is -2.00. The van der Waals surface area contributed by atoms with Gasteiger partial charge in [-0.05, 0) is 12.0 Å². The van der Waals surface area contributed by atoms with Crippen LogP contribution in [0.15, 0.2) is 30.3 Å². The number of carbonyl (C=O) groups is 2. The maximum Gasteiger partial charge on any atom is 0.309 e. The van der Waals surface area contributed by atoms with Gasteiger partial charge in [0.15, 0.2) is 0 Å². The van der Waals surface area contributed by atoms with Crippen LogP contribution in [0.25, 0.3) is 0 Å². The first-order valence-electron chi connectivity index (χ1n) is 11.4. The van der Waals surface area contributed by atoms with Gasteiger partial charge in [-0.1, -0.05) is 44.2 Å². The predicted octanol–water partition coefficient (Wildman–Crippen LogP) is 2.30. The molecule has 0 aromatic heterocycles. The molecule has 0 N–H and O–H groups in total. The van der Waals surface area contributed by atoms with Gasteiger partial charge in [-0.2, -0.15) is 0 Å². The number of nitrogens with zero attached hydrogens (tertiary/aromatic N) is 1. The lowest BCUT2D eigenvalue weighted by Crippen LogP contribution is -2.40. The number of rotatable bonds is 6. The molecule has 8 heteroatoms. The van der Waals surface area contributed by atoms with Crippen LogP contribution in [0.1, 0.15) is 25.8 Å². The van der Waals surface area contributed by atoms with Crippen molar-refractivity contribution in [2.45, 2.75) is 26.9 Å². The molecule has 1 aliphatic heterocycles. The second kappa shape index (κ2) is 15.7. The van der Waals surface area contributed by atoms with Crippen LogP contribution in [-0.4, -0.2) is 82.7 Å². The first kappa shape index (κ1) is 26.3. The van der Waals surface area contributed by atoms with Crippen LogP contribution >= 0.6 is 0 Å². The van der Waals surface area contributed by atoms with Crippen LogP contribution in [0.5, 0.6) is 0 Å². The summed E-state index contributed by atoms with van der Waals surface area (Å²) < 4.78 is 27.4. The van der Waals surface area contributed by atoms with Crippen LogP contribution in [0, 0.1) is 11.8 Å². The van der Waals surface area contributed by atoms with E-state index in [1.54, 1.807) is 11.8 Å². The normalized spacial score (nSPS) is 19.2. The zero-order chi connectivity index (χ0) is 23.0. The van der Waals surface area contributed by atoms with Gasteiger partial charge in [0, 0.05) is 19.0 Å². The third kappa shape index (κ3) is 10.5. The van der Waals surface area contributed by atoms with Gasteiger partial charge < -0.3 is 28.6 Å². The lowest BCUT2D eigenvalue weighted by atomic mass is 9.96. The maximum atomic E-state index is 13.0. The lowest BCUT2D eigenvalue weighted by molar-refractivity contribution is -0.150. The van der Waals surface area contributed by atoms with Crippen molar-refractivity contribution in [2.75, 3.05) is 65.9 Å². The highest BCUT2D eigenvalue weighted by atomic mass is 16.6. The average Bonchev–Trinajstić information content (AvgIpc) is 2.82. The van der Waals surface area contributed by atoms with Crippen molar-refractivity contribution in [3.05, 3.63) is 35.9 Å². The van der Waals surface area contributed by atoms with E-state index in [0.717, 1.165) is 5.56 Å². The number of benzene rings is 1. The number of hydrogen-bond acceptors (Lipinski definition) is 7. The minimum absolute atomic E-state index is 0.0169. The summed E-state index contributed by atoms with van der Waals surface area (Å²) >= 11 is 0. The zero-order valence-electron chi connectivity index (χ0n) is 19.3. The maximum absolute atomic E-state index is 13.0. The molecule has 8 nitrogen and oxygen atoms in total. The standard InChI is InChI=1S/C24H37NO7/c1-20(18-21(2)24(27)32-19-22-6-4-3-5-7-22)23(26)25-8-10-28-12-14-30-16-17-31-15-13-29-11-9-25/h3-7,20-21H,8-19H2,1-2H3/t20-,21+/m1/s1. The Morgan fingerprint density at radius 2 is 1.31 bits per heavy atom. The molecule has 1 heterocycles. The highest BCUT2D eigenvalue weighted by molar-refractivity contribution is 5.80. The molecule has 32 heavy (non-hydrogen) atoms. The van der Waals surface area contributed by atoms with Gasteiger partial charge in [0.25, 0.3) is 0 Å². The fraction of sp³-hybridized carbons (Fsp3) is 0.667. The number of esters is 1. The van der Waals surface area contributed by atoms with Crippen molar-refractivity contribution in [1.29, 1.82) is 0 Å².